The Balaban J connectivity index is 1.91. The molecule has 1 aliphatic rings. The molecule has 0 unspecified atom stereocenters. The lowest BCUT2D eigenvalue weighted by Gasteiger charge is -2.09. The third-order valence-corrected chi connectivity index (χ3v) is 3.36. The molecule has 0 atom stereocenters. The Bertz CT molecular complexity index is 393. The standard InChI is InChI=1S/C12H20N4O/c1-2-16-8-10(13)11(15-16)12(17)14-7-9-5-3-4-6-9/h8-9H,2-7,13H2,1H3,(H,14,17). The van der Waals surface area contributed by atoms with Crippen molar-refractivity contribution in [2.24, 2.45) is 5.92 Å². The minimum Gasteiger partial charge on any atom is -0.396 e. The number of amides is 1. The molecule has 1 fully saturated rings. The number of aromatic nitrogens is 2. The van der Waals surface area contributed by atoms with Crippen molar-refractivity contribution in [3.05, 3.63) is 11.9 Å². The van der Waals surface area contributed by atoms with Crippen molar-refractivity contribution >= 4 is 11.6 Å². The molecule has 0 spiro atoms. The third-order valence-electron chi connectivity index (χ3n) is 3.36. The number of hydrogen-bond donors (Lipinski definition) is 2. The van der Waals surface area contributed by atoms with Crippen LogP contribution in [0.15, 0.2) is 6.20 Å². The summed E-state index contributed by atoms with van der Waals surface area (Å²) in [5, 5.41) is 7.08. The van der Waals surface area contributed by atoms with Crippen LogP contribution in [0.25, 0.3) is 0 Å². The number of hydrogen-bond acceptors (Lipinski definition) is 3. The van der Waals surface area contributed by atoms with Crippen LogP contribution in [0.1, 0.15) is 43.1 Å². The highest BCUT2D eigenvalue weighted by Gasteiger charge is 2.18. The fraction of sp³-hybridized carbons (Fsp3) is 0.667. The van der Waals surface area contributed by atoms with E-state index >= 15 is 0 Å². The zero-order valence-electron chi connectivity index (χ0n) is 10.3. The lowest BCUT2D eigenvalue weighted by atomic mass is 10.1. The van der Waals surface area contributed by atoms with Gasteiger partial charge in [0.15, 0.2) is 5.69 Å². The minimum atomic E-state index is -0.151. The molecule has 5 heteroatoms. The summed E-state index contributed by atoms with van der Waals surface area (Å²) < 4.78 is 1.68. The van der Waals surface area contributed by atoms with Crippen LogP contribution in [0.4, 0.5) is 5.69 Å². The van der Waals surface area contributed by atoms with Crippen LogP contribution in [0, 0.1) is 5.92 Å². The van der Waals surface area contributed by atoms with Crippen molar-refractivity contribution in [2.45, 2.75) is 39.2 Å². The van der Waals surface area contributed by atoms with Crippen LogP contribution in [-0.4, -0.2) is 22.2 Å². The Morgan fingerprint density at radius 2 is 2.29 bits per heavy atom. The van der Waals surface area contributed by atoms with E-state index in [2.05, 4.69) is 10.4 Å². The molecule has 0 saturated heterocycles. The number of nitrogens with two attached hydrogens (primary N) is 1. The Kier molecular flexibility index (Phi) is 3.66. The van der Waals surface area contributed by atoms with Gasteiger partial charge in [-0.25, -0.2) is 0 Å². The summed E-state index contributed by atoms with van der Waals surface area (Å²) in [6.45, 7) is 3.43. The minimum absolute atomic E-state index is 0.151. The van der Waals surface area contributed by atoms with Crippen molar-refractivity contribution < 1.29 is 4.79 Å². The Morgan fingerprint density at radius 3 is 2.88 bits per heavy atom. The highest BCUT2D eigenvalue weighted by Crippen LogP contribution is 2.23. The molecule has 1 aliphatic carbocycles. The molecule has 1 aromatic rings. The van der Waals surface area contributed by atoms with Crippen molar-refractivity contribution in [3.8, 4) is 0 Å². The van der Waals surface area contributed by atoms with Crippen molar-refractivity contribution in [2.75, 3.05) is 12.3 Å². The van der Waals surface area contributed by atoms with Gasteiger partial charge in [0.2, 0.25) is 0 Å². The number of nitrogen functional groups attached to an aromatic ring is 1. The number of nitrogens with one attached hydrogen (secondary N) is 1. The van der Waals surface area contributed by atoms with Gasteiger partial charge in [-0.15, -0.1) is 0 Å². The predicted octanol–water partition coefficient (Wildman–Crippen LogP) is 1.41. The van der Waals surface area contributed by atoms with E-state index in [0.717, 1.165) is 13.1 Å². The molecular formula is C12H20N4O. The first-order chi connectivity index (χ1) is 8.20. The van der Waals surface area contributed by atoms with Gasteiger partial charge in [-0.05, 0) is 25.7 Å². The van der Waals surface area contributed by atoms with Crippen LogP contribution in [0.3, 0.4) is 0 Å². The number of nitrogens with zero attached hydrogens (tertiary/aromatic N) is 2. The maximum absolute atomic E-state index is 11.9. The van der Waals surface area contributed by atoms with E-state index in [1.54, 1.807) is 10.9 Å². The Labute approximate surface area is 101 Å². The molecule has 1 aromatic heterocycles. The van der Waals surface area contributed by atoms with E-state index in [9.17, 15) is 4.79 Å². The van der Waals surface area contributed by atoms with E-state index in [1.165, 1.54) is 25.7 Å². The number of carbonyl (C=O) groups is 1. The van der Waals surface area contributed by atoms with E-state index in [1.807, 2.05) is 6.92 Å². The molecule has 5 nitrogen and oxygen atoms in total. The molecule has 1 amide bonds. The van der Waals surface area contributed by atoms with Gasteiger partial charge < -0.3 is 11.1 Å². The SMILES string of the molecule is CCn1cc(N)c(C(=O)NCC2CCCC2)n1. The van der Waals surface area contributed by atoms with Gasteiger partial charge in [0.1, 0.15) is 0 Å². The van der Waals surface area contributed by atoms with Crippen LogP contribution < -0.4 is 11.1 Å². The molecule has 2 rings (SSSR count). The first kappa shape index (κ1) is 12.0. The summed E-state index contributed by atoms with van der Waals surface area (Å²) in [7, 11) is 0. The summed E-state index contributed by atoms with van der Waals surface area (Å²) in [6.07, 6.45) is 6.71. The van der Waals surface area contributed by atoms with Crippen molar-refractivity contribution in [1.29, 1.82) is 0 Å². The lowest BCUT2D eigenvalue weighted by Crippen LogP contribution is -2.29. The summed E-state index contributed by atoms with van der Waals surface area (Å²) in [5.41, 5.74) is 6.56. The number of aryl methyl sites for hydroxylation is 1. The van der Waals surface area contributed by atoms with Gasteiger partial charge >= 0.3 is 0 Å². The van der Waals surface area contributed by atoms with E-state index < -0.39 is 0 Å². The highest BCUT2D eigenvalue weighted by atomic mass is 16.2. The zero-order valence-corrected chi connectivity index (χ0v) is 10.3. The third kappa shape index (κ3) is 2.78. The second kappa shape index (κ2) is 5.21. The van der Waals surface area contributed by atoms with E-state index in [4.69, 9.17) is 5.73 Å². The molecule has 94 valence electrons. The molecule has 0 aromatic carbocycles. The quantitative estimate of drug-likeness (QED) is 0.830. The van der Waals surface area contributed by atoms with Gasteiger partial charge in [0.05, 0.1) is 5.69 Å². The summed E-state index contributed by atoms with van der Waals surface area (Å²) in [6, 6.07) is 0. The first-order valence-corrected chi connectivity index (χ1v) is 6.31. The van der Waals surface area contributed by atoms with E-state index in [0.29, 0.717) is 17.3 Å². The van der Waals surface area contributed by atoms with Crippen LogP contribution in [-0.2, 0) is 6.54 Å². The molecule has 1 saturated carbocycles. The van der Waals surface area contributed by atoms with Crippen molar-refractivity contribution in [1.82, 2.24) is 15.1 Å². The van der Waals surface area contributed by atoms with Gasteiger partial charge in [0, 0.05) is 19.3 Å². The van der Waals surface area contributed by atoms with Gasteiger partial charge in [-0.3, -0.25) is 9.48 Å². The largest absolute Gasteiger partial charge is 0.396 e. The number of carbonyl (C=O) groups excluding carboxylic acids is 1. The lowest BCUT2D eigenvalue weighted by molar-refractivity contribution is 0.0942. The normalized spacial score (nSPS) is 16.3. The monoisotopic (exact) mass is 236 g/mol. The van der Waals surface area contributed by atoms with E-state index in [-0.39, 0.29) is 5.91 Å². The Morgan fingerprint density at radius 1 is 1.59 bits per heavy atom. The molecule has 3 N–H and O–H groups in total. The fourth-order valence-corrected chi connectivity index (χ4v) is 2.31. The summed E-state index contributed by atoms with van der Waals surface area (Å²) >= 11 is 0. The maximum Gasteiger partial charge on any atom is 0.273 e. The van der Waals surface area contributed by atoms with Crippen LogP contribution in [0.2, 0.25) is 0 Å². The maximum atomic E-state index is 11.9. The second-order valence-electron chi connectivity index (χ2n) is 4.65. The molecule has 0 bridgehead atoms. The van der Waals surface area contributed by atoms with Gasteiger partial charge in [-0.1, -0.05) is 12.8 Å². The molecule has 17 heavy (non-hydrogen) atoms. The van der Waals surface area contributed by atoms with Crippen molar-refractivity contribution in [3.63, 3.8) is 0 Å². The summed E-state index contributed by atoms with van der Waals surface area (Å²) in [4.78, 5) is 11.9. The second-order valence-corrected chi connectivity index (χ2v) is 4.65. The molecule has 1 heterocycles. The summed E-state index contributed by atoms with van der Waals surface area (Å²) in [5.74, 6) is 0.482. The average Bonchev–Trinajstić information content (AvgIpc) is 2.94. The molecule has 0 aliphatic heterocycles. The van der Waals surface area contributed by atoms with Gasteiger partial charge in [0.25, 0.3) is 5.91 Å². The number of anilines is 1. The van der Waals surface area contributed by atoms with Crippen LogP contribution >= 0.6 is 0 Å². The smallest absolute Gasteiger partial charge is 0.273 e. The van der Waals surface area contributed by atoms with Crippen LogP contribution in [0.5, 0.6) is 0 Å². The molecular weight excluding hydrogens is 216 g/mol. The van der Waals surface area contributed by atoms with Gasteiger partial charge in [-0.2, -0.15) is 5.10 Å². The number of rotatable bonds is 4. The topological polar surface area (TPSA) is 72.9 Å². The predicted molar refractivity (Wildman–Crippen MR) is 66.6 cm³/mol. The zero-order chi connectivity index (χ0) is 12.3. The highest BCUT2D eigenvalue weighted by molar-refractivity contribution is 5.96. The molecule has 0 radical (unpaired) electrons. The Hall–Kier alpha value is -1.52. The average molecular weight is 236 g/mol. The fourth-order valence-electron chi connectivity index (χ4n) is 2.31. The first-order valence-electron chi connectivity index (χ1n) is 6.31.